The van der Waals surface area contributed by atoms with Crippen molar-refractivity contribution in [1.29, 1.82) is 5.41 Å². The zero-order valence-corrected chi connectivity index (χ0v) is 13.9. The third kappa shape index (κ3) is 3.02. The molecule has 0 aliphatic rings. The Labute approximate surface area is 146 Å². The lowest BCUT2D eigenvalue weighted by atomic mass is 10.0. The first-order valence-corrected chi connectivity index (χ1v) is 8.13. The minimum Gasteiger partial charge on any atom is -0.398 e. The molecule has 7 heteroatoms. The molecule has 0 radical (unpaired) electrons. The van der Waals surface area contributed by atoms with E-state index in [-0.39, 0.29) is 0 Å². The van der Waals surface area contributed by atoms with E-state index in [1.54, 1.807) is 17.4 Å². The summed E-state index contributed by atoms with van der Waals surface area (Å²) in [6.45, 7) is 0. The highest BCUT2D eigenvalue weighted by molar-refractivity contribution is 7.22. The highest BCUT2D eigenvalue weighted by atomic mass is 35.5. The molecule has 1 heterocycles. The molecule has 5 nitrogen and oxygen atoms in total. The normalized spacial score (nSPS) is 10.5. The van der Waals surface area contributed by atoms with Gasteiger partial charge in [0.15, 0.2) is 0 Å². The topological polar surface area (TPSA) is 96.0 Å². The number of carbonyl (C=O) groups is 2. The molecule has 0 bridgehead atoms. The van der Waals surface area contributed by atoms with Gasteiger partial charge in [0.2, 0.25) is 0 Å². The number of hydrogen-bond acceptors (Lipinski definition) is 5. The van der Waals surface area contributed by atoms with Gasteiger partial charge in [0.1, 0.15) is 0 Å². The fourth-order valence-corrected chi connectivity index (χ4v) is 3.51. The lowest BCUT2D eigenvalue weighted by molar-refractivity contribution is -0.130. The van der Waals surface area contributed by atoms with Crippen molar-refractivity contribution in [1.82, 2.24) is 0 Å². The highest BCUT2D eigenvalue weighted by Crippen LogP contribution is 2.38. The second-order valence-corrected chi connectivity index (χ2v) is 6.47. The number of hydrogen-bond donors (Lipinski definition) is 3. The van der Waals surface area contributed by atoms with Gasteiger partial charge < -0.3 is 16.5 Å². The summed E-state index contributed by atoms with van der Waals surface area (Å²) < 4.78 is 1.11. The number of fused-ring (bicyclic) bond motifs is 1. The molecule has 3 rings (SSSR count). The molecule has 0 fully saturated rings. The van der Waals surface area contributed by atoms with Crippen LogP contribution in [0.3, 0.4) is 0 Å². The second-order valence-electron chi connectivity index (χ2n) is 5.05. The zero-order chi connectivity index (χ0) is 17.3. The minimum atomic E-state index is -1.10. The van der Waals surface area contributed by atoms with E-state index in [1.165, 1.54) is 6.07 Å². The number of thiophene rings is 1. The maximum absolute atomic E-state index is 11.5. The monoisotopic (exact) mass is 357 g/mol. The van der Waals surface area contributed by atoms with Crippen molar-refractivity contribution in [2.45, 2.75) is 0 Å². The largest absolute Gasteiger partial charge is 0.398 e. The zero-order valence-electron chi connectivity index (χ0n) is 12.3. The molecule has 120 valence electrons. The Hall–Kier alpha value is -2.70. The molecule has 1 aromatic heterocycles. The van der Waals surface area contributed by atoms with Crippen LogP contribution in [0.4, 0.5) is 11.4 Å². The Morgan fingerprint density at radius 1 is 1.21 bits per heavy atom. The number of rotatable bonds is 4. The molecule has 0 saturated heterocycles. The molecule has 1 amide bonds. The van der Waals surface area contributed by atoms with Crippen LogP contribution in [-0.2, 0) is 9.59 Å². The maximum atomic E-state index is 11.5. The van der Waals surface area contributed by atoms with Crippen molar-refractivity contribution >= 4 is 61.8 Å². The van der Waals surface area contributed by atoms with Crippen LogP contribution in [0.1, 0.15) is 5.56 Å². The summed E-state index contributed by atoms with van der Waals surface area (Å²) in [5, 5.41) is 9.90. The standard InChI is InChI=1S/C17H12ClN3O2S/c18-16(22)17(23)21-11-5-10(8-19)15(20)12(7-11)14-6-9-3-1-2-4-13(9)24-14/h1-8,19H,20H2,(H,21,23). The Morgan fingerprint density at radius 3 is 2.62 bits per heavy atom. The number of amides is 1. The third-order valence-corrected chi connectivity index (χ3v) is 4.82. The number of halogens is 1. The molecule has 0 spiro atoms. The average molecular weight is 358 g/mol. The van der Waals surface area contributed by atoms with Gasteiger partial charge >= 0.3 is 11.1 Å². The fourth-order valence-electron chi connectivity index (χ4n) is 2.37. The van der Waals surface area contributed by atoms with Crippen LogP contribution in [0.2, 0.25) is 0 Å². The molecular weight excluding hydrogens is 346 g/mol. The number of benzene rings is 2. The van der Waals surface area contributed by atoms with E-state index in [2.05, 4.69) is 5.32 Å². The van der Waals surface area contributed by atoms with Gasteiger partial charge in [-0.15, -0.1) is 11.3 Å². The number of nitrogens with one attached hydrogen (secondary N) is 2. The van der Waals surface area contributed by atoms with Gasteiger partial charge in [-0.05, 0) is 41.3 Å². The highest BCUT2D eigenvalue weighted by Gasteiger charge is 2.15. The van der Waals surface area contributed by atoms with Gasteiger partial charge in [-0.3, -0.25) is 9.59 Å². The predicted octanol–water partition coefficient (Wildman–Crippen LogP) is 3.85. The molecule has 2 aromatic carbocycles. The van der Waals surface area contributed by atoms with E-state index in [0.717, 1.165) is 21.2 Å². The van der Waals surface area contributed by atoms with Gasteiger partial charge in [-0.1, -0.05) is 18.2 Å². The first-order valence-electron chi connectivity index (χ1n) is 6.93. The number of nitrogens with two attached hydrogens (primary N) is 1. The lowest BCUT2D eigenvalue weighted by Crippen LogP contribution is -2.18. The van der Waals surface area contributed by atoms with Crippen molar-refractivity contribution in [3.63, 3.8) is 0 Å². The summed E-state index contributed by atoms with van der Waals surface area (Å²) in [5.41, 5.74) is 8.09. The fraction of sp³-hybridized carbons (Fsp3) is 0. The summed E-state index contributed by atoms with van der Waals surface area (Å²) in [7, 11) is 0. The maximum Gasteiger partial charge on any atom is 0.310 e. The Balaban J connectivity index is 2.13. The average Bonchev–Trinajstić information content (AvgIpc) is 2.99. The van der Waals surface area contributed by atoms with Crippen LogP contribution >= 0.6 is 22.9 Å². The first-order chi connectivity index (χ1) is 11.5. The summed E-state index contributed by atoms with van der Waals surface area (Å²) in [4.78, 5) is 23.3. The smallest absolute Gasteiger partial charge is 0.310 e. The van der Waals surface area contributed by atoms with E-state index < -0.39 is 11.1 Å². The van der Waals surface area contributed by atoms with Crippen molar-refractivity contribution in [2.24, 2.45) is 0 Å². The van der Waals surface area contributed by atoms with Crippen molar-refractivity contribution < 1.29 is 9.59 Å². The third-order valence-electron chi connectivity index (χ3n) is 3.49. The van der Waals surface area contributed by atoms with Crippen LogP contribution in [-0.4, -0.2) is 17.4 Å². The summed E-state index contributed by atoms with van der Waals surface area (Å²) in [6.07, 6.45) is 1.10. The van der Waals surface area contributed by atoms with Crippen LogP contribution in [0.15, 0.2) is 42.5 Å². The number of nitrogen functional groups attached to an aromatic ring is 1. The lowest BCUT2D eigenvalue weighted by Gasteiger charge is -2.11. The van der Waals surface area contributed by atoms with Crippen LogP contribution in [0.5, 0.6) is 0 Å². The van der Waals surface area contributed by atoms with Crippen molar-refractivity contribution in [2.75, 3.05) is 11.1 Å². The quantitative estimate of drug-likeness (QED) is 0.286. The molecule has 0 aliphatic carbocycles. The van der Waals surface area contributed by atoms with E-state index in [9.17, 15) is 9.59 Å². The number of anilines is 2. The second kappa shape index (κ2) is 6.43. The van der Waals surface area contributed by atoms with Crippen molar-refractivity contribution in [3.8, 4) is 10.4 Å². The summed E-state index contributed by atoms with van der Waals surface area (Å²) in [6, 6.07) is 13.1. The molecule has 3 aromatic rings. The molecule has 0 saturated carbocycles. The molecular formula is C17H12ClN3O2S. The van der Waals surface area contributed by atoms with E-state index in [1.807, 2.05) is 30.3 Å². The van der Waals surface area contributed by atoms with E-state index >= 15 is 0 Å². The minimum absolute atomic E-state index is 0.356. The molecule has 0 aliphatic heterocycles. The van der Waals surface area contributed by atoms with Gasteiger partial charge in [0.05, 0.1) is 0 Å². The van der Waals surface area contributed by atoms with E-state index in [0.29, 0.717) is 22.5 Å². The molecule has 24 heavy (non-hydrogen) atoms. The Morgan fingerprint density at radius 2 is 1.96 bits per heavy atom. The van der Waals surface area contributed by atoms with Gasteiger partial charge in [-0.25, -0.2) is 0 Å². The van der Waals surface area contributed by atoms with E-state index in [4.69, 9.17) is 22.7 Å². The van der Waals surface area contributed by atoms with Crippen LogP contribution < -0.4 is 11.1 Å². The van der Waals surface area contributed by atoms with Gasteiger partial charge in [0, 0.05) is 38.3 Å². The van der Waals surface area contributed by atoms with Crippen molar-refractivity contribution in [3.05, 3.63) is 48.0 Å². The summed E-state index contributed by atoms with van der Waals surface area (Å²) in [5.74, 6) is -0.931. The van der Waals surface area contributed by atoms with Gasteiger partial charge in [-0.2, -0.15) is 0 Å². The molecule has 0 atom stereocenters. The van der Waals surface area contributed by atoms with Crippen LogP contribution in [0, 0.1) is 5.41 Å². The predicted molar refractivity (Wildman–Crippen MR) is 99.0 cm³/mol. The molecule has 4 N–H and O–H groups in total. The molecule has 0 unspecified atom stereocenters. The Bertz CT molecular complexity index is 948. The first kappa shape index (κ1) is 16.2. The van der Waals surface area contributed by atoms with Gasteiger partial charge in [0.25, 0.3) is 0 Å². The summed E-state index contributed by atoms with van der Waals surface area (Å²) >= 11 is 6.73. The number of carbonyl (C=O) groups excluding carboxylic acids is 2. The Kier molecular flexibility index (Phi) is 4.33. The van der Waals surface area contributed by atoms with Crippen LogP contribution in [0.25, 0.3) is 20.5 Å². The SMILES string of the molecule is N=Cc1cc(NC(=O)C(=O)Cl)cc(-c2cc3ccccc3s2)c1N.